The maximum absolute atomic E-state index is 13.5. The Morgan fingerprint density at radius 2 is 1.90 bits per heavy atom. The quantitative estimate of drug-likeness (QED) is 0.678. The van der Waals surface area contributed by atoms with E-state index in [2.05, 4.69) is 15.9 Å². The lowest BCUT2D eigenvalue weighted by Gasteiger charge is -2.01. The molecule has 4 heteroatoms. The number of nitrogens with two attached hydrogens (primary N) is 1. The number of hydrogen-bond donors (Lipinski definition) is 1. The summed E-state index contributed by atoms with van der Waals surface area (Å²) < 4.78 is 14.3. The molecule has 0 aliphatic heterocycles. The Balaban J connectivity index is 2.05. The van der Waals surface area contributed by atoms with Crippen molar-refractivity contribution in [3.8, 4) is 0 Å². The molecule has 0 saturated carbocycles. The first-order valence-electron chi connectivity index (χ1n) is 6.05. The molecule has 0 aliphatic carbocycles. The van der Waals surface area contributed by atoms with Gasteiger partial charge in [-0.3, -0.25) is 4.79 Å². The van der Waals surface area contributed by atoms with Gasteiger partial charge in [0.2, 0.25) is 0 Å². The molecule has 2 N–H and O–H groups in total. The Morgan fingerprint density at radius 3 is 2.60 bits per heavy atom. The SMILES string of the molecule is Nc1ccc(/C=C/C(=O)Cc2cc(Br)ccc2F)cc1. The van der Waals surface area contributed by atoms with E-state index in [1.165, 1.54) is 12.1 Å². The lowest BCUT2D eigenvalue weighted by atomic mass is 10.1. The molecule has 20 heavy (non-hydrogen) atoms. The third-order valence-electron chi connectivity index (χ3n) is 2.77. The standard InChI is InChI=1S/C16H13BrFNO/c17-13-4-8-16(18)12(9-13)10-15(20)7-3-11-1-5-14(19)6-2-11/h1-9H,10,19H2/b7-3+. The summed E-state index contributed by atoms with van der Waals surface area (Å²) in [5, 5.41) is 0. The number of allylic oxidation sites excluding steroid dienone is 1. The number of anilines is 1. The number of halogens is 2. The first kappa shape index (κ1) is 14.5. The van der Waals surface area contributed by atoms with E-state index in [1.54, 1.807) is 30.3 Å². The van der Waals surface area contributed by atoms with Crippen LogP contribution in [0.15, 0.2) is 53.0 Å². The molecular formula is C16H13BrFNO. The third-order valence-corrected chi connectivity index (χ3v) is 3.26. The number of benzene rings is 2. The van der Waals surface area contributed by atoms with Gasteiger partial charge in [-0.2, -0.15) is 0 Å². The van der Waals surface area contributed by atoms with E-state index >= 15 is 0 Å². The van der Waals surface area contributed by atoms with Gasteiger partial charge in [0.25, 0.3) is 0 Å². The van der Waals surface area contributed by atoms with E-state index in [-0.39, 0.29) is 18.0 Å². The number of ketones is 1. The van der Waals surface area contributed by atoms with Crippen LogP contribution in [0.5, 0.6) is 0 Å². The van der Waals surface area contributed by atoms with Crippen molar-refractivity contribution in [1.82, 2.24) is 0 Å². The van der Waals surface area contributed by atoms with E-state index < -0.39 is 0 Å². The van der Waals surface area contributed by atoms with Crippen LogP contribution in [-0.2, 0) is 11.2 Å². The van der Waals surface area contributed by atoms with Crippen molar-refractivity contribution in [2.24, 2.45) is 0 Å². The lowest BCUT2D eigenvalue weighted by Crippen LogP contribution is -2.01. The highest BCUT2D eigenvalue weighted by atomic mass is 79.9. The molecule has 0 saturated heterocycles. The zero-order chi connectivity index (χ0) is 14.5. The summed E-state index contributed by atoms with van der Waals surface area (Å²) in [7, 11) is 0. The topological polar surface area (TPSA) is 43.1 Å². The minimum Gasteiger partial charge on any atom is -0.399 e. The molecular weight excluding hydrogens is 321 g/mol. The van der Waals surface area contributed by atoms with Crippen molar-refractivity contribution in [1.29, 1.82) is 0 Å². The van der Waals surface area contributed by atoms with E-state index in [1.807, 2.05) is 12.1 Å². The number of rotatable bonds is 4. The number of nitrogen functional groups attached to an aromatic ring is 1. The van der Waals surface area contributed by atoms with E-state index in [4.69, 9.17) is 5.73 Å². The minimum atomic E-state index is -0.373. The van der Waals surface area contributed by atoms with Crippen LogP contribution in [0.3, 0.4) is 0 Å². The van der Waals surface area contributed by atoms with Crippen LogP contribution < -0.4 is 5.73 Å². The zero-order valence-electron chi connectivity index (χ0n) is 10.6. The first-order chi connectivity index (χ1) is 9.54. The molecule has 2 aromatic carbocycles. The predicted octanol–water partition coefficient (Wildman–Crippen LogP) is 4.00. The van der Waals surface area contributed by atoms with Crippen LogP contribution in [-0.4, -0.2) is 5.78 Å². The molecule has 2 nitrogen and oxygen atoms in total. The lowest BCUT2D eigenvalue weighted by molar-refractivity contribution is -0.114. The van der Waals surface area contributed by atoms with Crippen molar-refractivity contribution in [2.45, 2.75) is 6.42 Å². The maximum atomic E-state index is 13.5. The van der Waals surface area contributed by atoms with Crippen LogP contribution in [0.1, 0.15) is 11.1 Å². The fourth-order valence-electron chi connectivity index (χ4n) is 1.72. The summed E-state index contributed by atoms with van der Waals surface area (Å²) in [6.45, 7) is 0. The van der Waals surface area contributed by atoms with Crippen molar-refractivity contribution in [3.63, 3.8) is 0 Å². The molecule has 0 aromatic heterocycles. The molecule has 0 bridgehead atoms. The molecule has 0 aliphatic rings. The molecule has 0 radical (unpaired) electrons. The Bertz CT molecular complexity index is 650. The summed E-state index contributed by atoms with van der Waals surface area (Å²) in [4.78, 5) is 11.8. The average Bonchev–Trinajstić information content (AvgIpc) is 2.42. The predicted molar refractivity (Wildman–Crippen MR) is 82.7 cm³/mol. The molecule has 2 rings (SSSR count). The van der Waals surface area contributed by atoms with Gasteiger partial charge in [0.15, 0.2) is 5.78 Å². The summed E-state index contributed by atoms with van der Waals surface area (Å²) in [5.41, 5.74) is 7.51. The molecule has 2 aromatic rings. The second-order valence-electron chi connectivity index (χ2n) is 4.38. The van der Waals surface area contributed by atoms with Crippen molar-refractivity contribution < 1.29 is 9.18 Å². The van der Waals surface area contributed by atoms with Crippen molar-refractivity contribution in [3.05, 3.63) is 70.0 Å². The van der Waals surface area contributed by atoms with E-state index in [0.29, 0.717) is 11.3 Å². The third kappa shape index (κ3) is 4.03. The fourth-order valence-corrected chi connectivity index (χ4v) is 2.13. The van der Waals surface area contributed by atoms with Gasteiger partial charge in [-0.25, -0.2) is 4.39 Å². The molecule has 0 heterocycles. The highest BCUT2D eigenvalue weighted by molar-refractivity contribution is 9.10. The van der Waals surface area contributed by atoms with Crippen molar-refractivity contribution in [2.75, 3.05) is 5.73 Å². The number of carbonyl (C=O) groups excluding carboxylic acids is 1. The van der Waals surface area contributed by atoms with Crippen LogP contribution in [0.4, 0.5) is 10.1 Å². The fraction of sp³-hybridized carbons (Fsp3) is 0.0625. The Kier molecular flexibility index (Phi) is 4.69. The Morgan fingerprint density at radius 1 is 1.20 bits per heavy atom. The Labute approximate surface area is 125 Å². The van der Waals surface area contributed by atoms with Crippen LogP contribution in [0.2, 0.25) is 0 Å². The van der Waals surface area contributed by atoms with Crippen LogP contribution in [0, 0.1) is 5.82 Å². The molecule has 0 spiro atoms. The molecule has 102 valence electrons. The van der Waals surface area contributed by atoms with Gasteiger partial charge in [-0.15, -0.1) is 0 Å². The molecule has 0 atom stereocenters. The maximum Gasteiger partial charge on any atom is 0.160 e. The number of hydrogen-bond acceptors (Lipinski definition) is 2. The van der Waals surface area contributed by atoms with Gasteiger partial charge in [-0.1, -0.05) is 34.1 Å². The van der Waals surface area contributed by atoms with Gasteiger partial charge >= 0.3 is 0 Å². The minimum absolute atomic E-state index is 0.0384. The van der Waals surface area contributed by atoms with Gasteiger partial charge in [-0.05, 0) is 47.5 Å². The molecule has 0 unspecified atom stereocenters. The summed E-state index contributed by atoms with van der Waals surface area (Å²) in [5.74, 6) is -0.527. The monoisotopic (exact) mass is 333 g/mol. The van der Waals surface area contributed by atoms with Crippen molar-refractivity contribution >= 4 is 33.5 Å². The Hall–Kier alpha value is -1.94. The van der Waals surface area contributed by atoms with Crippen LogP contribution in [0.25, 0.3) is 6.08 Å². The van der Waals surface area contributed by atoms with E-state index in [0.717, 1.165) is 10.0 Å². The normalized spacial score (nSPS) is 10.9. The van der Waals surface area contributed by atoms with Gasteiger partial charge in [0, 0.05) is 16.6 Å². The zero-order valence-corrected chi connectivity index (χ0v) is 12.2. The van der Waals surface area contributed by atoms with Crippen LogP contribution >= 0.6 is 15.9 Å². The highest BCUT2D eigenvalue weighted by Crippen LogP contribution is 2.16. The van der Waals surface area contributed by atoms with E-state index in [9.17, 15) is 9.18 Å². The van der Waals surface area contributed by atoms with Gasteiger partial charge < -0.3 is 5.73 Å². The largest absolute Gasteiger partial charge is 0.399 e. The summed E-state index contributed by atoms with van der Waals surface area (Å²) >= 11 is 3.26. The second-order valence-corrected chi connectivity index (χ2v) is 5.29. The average molecular weight is 334 g/mol. The molecule has 0 amide bonds. The number of carbonyl (C=O) groups is 1. The first-order valence-corrected chi connectivity index (χ1v) is 6.84. The van der Waals surface area contributed by atoms with Gasteiger partial charge in [0.05, 0.1) is 0 Å². The summed E-state index contributed by atoms with van der Waals surface area (Å²) in [6, 6.07) is 11.7. The smallest absolute Gasteiger partial charge is 0.160 e. The molecule has 0 fully saturated rings. The summed E-state index contributed by atoms with van der Waals surface area (Å²) in [6.07, 6.45) is 3.18. The van der Waals surface area contributed by atoms with Gasteiger partial charge in [0.1, 0.15) is 5.82 Å². The second kappa shape index (κ2) is 6.48. The highest BCUT2D eigenvalue weighted by Gasteiger charge is 2.06.